The SMILES string of the molecule is O=[N+]([O-])c1cc(F)cc(Br)c1OCC(F)(F)F. The average Bonchev–Trinajstić information content (AvgIpc) is 2.13. The van der Waals surface area contributed by atoms with Crippen molar-refractivity contribution in [3.63, 3.8) is 0 Å². The quantitative estimate of drug-likeness (QED) is 0.487. The van der Waals surface area contributed by atoms with E-state index < -0.39 is 35.0 Å². The monoisotopic (exact) mass is 317 g/mol. The van der Waals surface area contributed by atoms with Crippen LogP contribution in [0.15, 0.2) is 16.6 Å². The van der Waals surface area contributed by atoms with Crippen LogP contribution in [0.4, 0.5) is 23.2 Å². The summed E-state index contributed by atoms with van der Waals surface area (Å²) in [6.07, 6.45) is -4.64. The van der Waals surface area contributed by atoms with Crippen LogP contribution in [0.3, 0.4) is 0 Å². The Morgan fingerprint density at radius 1 is 1.41 bits per heavy atom. The number of benzene rings is 1. The van der Waals surface area contributed by atoms with E-state index in [-0.39, 0.29) is 4.47 Å². The topological polar surface area (TPSA) is 52.4 Å². The molecule has 0 unspecified atom stereocenters. The molecule has 1 rings (SSSR count). The zero-order valence-corrected chi connectivity index (χ0v) is 9.51. The lowest BCUT2D eigenvalue weighted by atomic mass is 10.3. The highest BCUT2D eigenvalue weighted by Crippen LogP contribution is 2.36. The van der Waals surface area contributed by atoms with Gasteiger partial charge in [0.2, 0.25) is 5.75 Å². The number of ether oxygens (including phenoxy) is 1. The second-order valence-corrected chi connectivity index (χ2v) is 3.75. The summed E-state index contributed by atoms with van der Waals surface area (Å²) in [5.74, 6) is -1.61. The van der Waals surface area contributed by atoms with Crippen LogP contribution in [0.5, 0.6) is 5.75 Å². The molecule has 0 radical (unpaired) electrons. The zero-order chi connectivity index (χ0) is 13.2. The molecule has 17 heavy (non-hydrogen) atoms. The molecule has 0 aliphatic carbocycles. The molecule has 0 N–H and O–H groups in total. The van der Waals surface area contributed by atoms with Crippen LogP contribution >= 0.6 is 15.9 Å². The van der Waals surface area contributed by atoms with Gasteiger partial charge in [-0.15, -0.1) is 0 Å². The van der Waals surface area contributed by atoms with Crippen molar-refractivity contribution in [3.8, 4) is 5.75 Å². The fraction of sp³-hybridized carbons (Fsp3) is 0.250. The van der Waals surface area contributed by atoms with Crippen molar-refractivity contribution >= 4 is 21.6 Å². The number of nitrogens with zero attached hydrogens (tertiary/aromatic N) is 1. The van der Waals surface area contributed by atoms with Gasteiger partial charge in [0, 0.05) is 0 Å². The third-order valence-corrected chi connectivity index (χ3v) is 2.15. The fourth-order valence-corrected chi connectivity index (χ4v) is 1.52. The van der Waals surface area contributed by atoms with Crippen LogP contribution in [-0.2, 0) is 0 Å². The van der Waals surface area contributed by atoms with Crippen LogP contribution in [0.25, 0.3) is 0 Å². The molecule has 0 atom stereocenters. The molecule has 0 fully saturated rings. The molecule has 0 aromatic heterocycles. The summed E-state index contributed by atoms with van der Waals surface area (Å²) in [4.78, 5) is 9.48. The Morgan fingerprint density at radius 3 is 2.47 bits per heavy atom. The molecule has 94 valence electrons. The molecular weight excluding hydrogens is 314 g/mol. The number of nitro groups is 1. The predicted octanol–water partition coefficient (Wildman–Crippen LogP) is 3.44. The summed E-state index contributed by atoms with van der Waals surface area (Å²) in [7, 11) is 0. The standard InChI is InChI=1S/C8H4BrF4NO3/c9-5-1-4(10)2-6(14(15)16)7(5)17-3-8(11,12)13/h1-2H,3H2. The van der Waals surface area contributed by atoms with Gasteiger partial charge in [-0.05, 0) is 22.0 Å². The minimum absolute atomic E-state index is 0.256. The Bertz CT molecular complexity index is 449. The van der Waals surface area contributed by atoms with Gasteiger partial charge in [-0.25, -0.2) is 4.39 Å². The van der Waals surface area contributed by atoms with Gasteiger partial charge in [0.25, 0.3) is 0 Å². The highest BCUT2D eigenvalue weighted by Gasteiger charge is 2.31. The number of hydrogen-bond acceptors (Lipinski definition) is 3. The highest BCUT2D eigenvalue weighted by molar-refractivity contribution is 9.10. The van der Waals surface area contributed by atoms with E-state index in [9.17, 15) is 27.7 Å². The lowest BCUT2D eigenvalue weighted by Gasteiger charge is -2.10. The van der Waals surface area contributed by atoms with Crippen LogP contribution in [-0.4, -0.2) is 17.7 Å². The van der Waals surface area contributed by atoms with Gasteiger partial charge in [0.05, 0.1) is 15.5 Å². The molecule has 0 heterocycles. The first-order valence-corrected chi connectivity index (χ1v) is 4.83. The van der Waals surface area contributed by atoms with E-state index in [0.29, 0.717) is 6.07 Å². The van der Waals surface area contributed by atoms with Crippen molar-refractivity contribution in [2.75, 3.05) is 6.61 Å². The normalized spacial score (nSPS) is 11.4. The van der Waals surface area contributed by atoms with Gasteiger partial charge in [0.1, 0.15) is 5.82 Å². The molecule has 0 aliphatic rings. The Labute approximate surface area is 100 Å². The number of rotatable bonds is 3. The van der Waals surface area contributed by atoms with Gasteiger partial charge in [-0.1, -0.05) is 0 Å². The first-order chi connectivity index (χ1) is 7.70. The third kappa shape index (κ3) is 3.84. The van der Waals surface area contributed by atoms with Gasteiger partial charge < -0.3 is 4.74 Å². The summed E-state index contributed by atoms with van der Waals surface area (Å²) < 4.78 is 52.5. The first-order valence-electron chi connectivity index (χ1n) is 4.03. The third-order valence-electron chi connectivity index (χ3n) is 1.57. The Balaban J connectivity index is 3.09. The van der Waals surface area contributed by atoms with Crippen LogP contribution < -0.4 is 4.74 Å². The van der Waals surface area contributed by atoms with E-state index in [1.807, 2.05) is 0 Å². The van der Waals surface area contributed by atoms with Crippen molar-refractivity contribution in [1.29, 1.82) is 0 Å². The summed E-state index contributed by atoms with van der Waals surface area (Å²) in [6.45, 7) is -1.70. The van der Waals surface area contributed by atoms with E-state index in [1.165, 1.54) is 0 Å². The van der Waals surface area contributed by atoms with E-state index >= 15 is 0 Å². The number of hydrogen-bond donors (Lipinski definition) is 0. The largest absolute Gasteiger partial charge is 0.476 e. The average molecular weight is 318 g/mol. The minimum atomic E-state index is -4.64. The molecule has 0 bridgehead atoms. The molecule has 0 aliphatic heterocycles. The van der Waals surface area contributed by atoms with Crippen molar-refractivity contribution in [2.24, 2.45) is 0 Å². The number of alkyl halides is 3. The molecular formula is C8H4BrF4NO3. The van der Waals surface area contributed by atoms with Gasteiger partial charge in [-0.2, -0.15) is 13.2 Å². The zero-order valence-electron chi connectivity index (χ0n) is 7.92. The van der Waals surface area contributed by atoms with Crippen LogP contribution in [0.1, 0.15) is 0 Å². The summed E-state index contributed by atoms with van der Waals surface area (Å²) >= 11 is 2.70. The molecule has 0 saturated carbocycles. The smallest absolute Gasteiger partial charge is 0.422 e. The molecule has 0 saturated heterocycles. The van der Waals surface area contributed by atoms with E-state index in [0.717, 1.165) is 6.07 Å². The summed E-state index contributed by atoms with van der Waals surface area (Å²) in [5.41, 5.74) is -0.874. The lowest BCUT2D eigenvalue weighted by molar-refractivity contribution is -0.386. The molecule has 1 aromatic carbocycles. The maximum absolute atomic E-state index is 12.8. The lowest BCUT2D eigenvalue weighted by Crippen LogP contribution is -2.19. The Kier molecular flexibility index (Phi) is 3.91. The summed E-state index contributed by atoms with van der Waals surface area (Å²) in [5, 5.41) is 10.5. The van der Waals surface area contributed by atoms with Crippen molar-refractivity contribution in [2.45, 2.75) is 6.18 Å². The first kappa shape index (κ1) is 13.7. The Morgan fingerprint density at radius 2 is 2.00 bits per heavy atom. The maximum Gasteiger partial charge on any atom is 0.422 e. The van der Waals surface area contributed by atoms with Gasteiger partial charge in [0.15, 0.2) is 6.61 Å². The molecule has 9 heteroatoms. The maximum atomic E-state index is 12.8. The van der Waals surface area contributed by atoms with Crippen LogP contribution in [0.2, 0.25) is 0 Å². The Hall–Kier alpha value is -1.38. The second-order valence-electron chi connectivity index (χ2n) is 2.90. The van der Waals surface area contributed by atoms with Crippen molar-refractivity contribution in [1.82, 2.24) is 0 Å². The van der Waals surface area contributed by atoms with Crippen molar-refractivity contribution < 1.29 is 27.2 Å². The highest BCUT2D eigenvalue weighted by atomic mass is 79.9. The van der Waals surface area contributed by atoms with Crippen molar-refractivity contribution in [3.05, 3.63) is 32.5 Å². The number of halogens is 5. The van der Waals surface area contributed by atoms with Crippen LogP contribution in [0, 0.1) is 15.9 Å². The molecule has 1 aromatic rings. The minimum Gasteiger partial charge on any atom is -0.476 e. The van der Waals surface area contributed by atoms with Gasteiger partial charge >= 0.3 is 11.9 Å². The van der Waals surface area contributed by atoms with Gasteiger partial charge in [-0.3, -0.25) is 10.1 Å². The van der Waals surface area contributed by atoms with E-state index in [1.54, 1.807) is 0 Å². The fourth-order valence-electron chi connectivity index (χ4n) is 0.979. The summed E-state index contributed by atoms with van der Waals surface area (Å²) in [6, 6.07) is 1.26. The molecule has 0 amide bonds. The predicted molar refractivity (Wildman–Crippen MR) is 52.3 cm³/mol. The molecule has 4 nitrogen and oxygen atoms in total. The second kappa shape index (κ2) is 4.86. The number of nitro benzene ring substituents is 1. The van der Waals surface area contributed by atoms with E-state index in [2.05, 4.69) is 20.7 Å². The molecule has 0 spiro atoms. The van der Waals surface area contributed by atoms with E-state index in [4.69, 9.17) is 0 Å².